The number of carbonyl (C=O) groups excluding carboxylic acids is 4. The van der Waals surface area contributed by atoms with Crippen molar-refractivity contribution in [2.75, 3.05) is 30.5 Å². The number of nitrogens with zero attached hydrogens (tertiary/aromatic N) is 1. The SMILES string of the molecule is COC(=O)c1ccccc1NC(=O)COC(=O)c1ccc(Cl)cc1N1CCCC1=O. The minimum atomic E-state index is -0.766. The number of anilines is 2. The smallest absolute Gasteiger partial charge is 0.340 e. The first-order valence-electron chi connectivity index (χ1n) is 9.15. The summed E-state index contributed by atoms with van der Waals surface area (Å²) in [7, 11) is 1.23. The summed E-state index contributed by atoms with van der Waals surface area (Å²) in [5.74, 6) is -2.11. The second-order valence-electron chi connectivity index (χ2n) is 6.47. The molecule has 3 rings (SSSR count). The highest BCUT2D eigenvalue weighted by atomic mass is 35.5. The molecule has 1 heterocycles. The predicted molar refractivity (Wildman–Crippen MR) is 110 cm³/mol. The van der Waals surface area contributed by atoms with E-state index in [2.05, 4.69) is 10.1 Å². The van der Waals surface area contributed by atoms with Gasteiger partial charge in [-0.25, -0.2) is 9.59 Å². The summed E-state index contributed by atoms with van der Waals surface area (Å²) >= 11 is 6.03. The highest BCUT2D eigenvalue weighted by Crippen LogP contribution is 2.29. The average Bonchev–Trinajstić information content (AvgIpc) is 3.17. The molecule has 8 nitrogen and oxygen atoms in total. The summed E-state index contributed by atoms with van der Waals surface area (Å²) in [5, 5.41) is 2.89. The van der Waals surface area contributed by atoms with E-state index in [1.807, 2.05) is 0 Å². The Morgan fingerprint density at radius 1 is 1.10 bits per heavy atom. The molecular weight excluding hydrogens is 412 g/mol. The lowest BCUT2D eigenvalue weighted by Crippen LogP contribution is -2.27. The second kappa shape index (κ2) is 9.41. The van der Waals surface area contributed by atoms with Gasteiger partial charge in [-0.1, -0.05) is 23.7 Å². The lowest BCUT2D eigenvalue weighted by atomic mass is 10.1. The number of para-hydroxylation sites is 1. The number of nitrogens with one attached hydrogen (secondary N) is 1. The number of methoxy groups -OCH3 is 1. The van der Waals surface area contributed by atoms with Gasteiger partial charge in [-0.2, -0.15) is 0 Å². The van der Waals surface area contributed by atoms with Crippen molar-refractivity contribution < 1.29 is 28.7 Å². The van der Waals surface area contributed by atoms with Crippen molar-refractivity contribution in [1.29, 1.82) is 0 Å². The number of hydrogen-bond acceptors (Lipinski definition) is 6. The maximum absolute atomic E-state index is 12.6. The molecule has 1 N–H and O–H groups in total. The van der Waals surface area contributed by atoms with Gasteiger partial charge in [-0.05, 0) is 36.8 Å². The summed E-state index contributed by atoms with van der Waals surface area (Å²) in [6.45, 7) is -0.103. The minimum absolute atomic E-state index is 0.108. The van der Waals surface area contributed by atoms with Crippen molar-refractivity contribution in [3.8, 4) is 0 Å². The molecule has 0 aromatic heterocycles. The topological polar surface area (TPSA) is 102 Å². The Labute approximate surface area is 177 Å². The molecule has 0 unspecified atom stereocenters. The lowest BCUT2D eigenvalue weighted by Gasteiger charge is -2.19. The molecule has 156 valence electrons. The van der Waals surface area contributed by atoms with E-state index in [9.17, 15) is 19.2 Å². The van der Waals surface area contributed by atoms with Crippen LogP contribution >= 0.6 is 11.6 Å². The van der Waals surface area contributed by atoms with Crippen molar-refractivity contribution in [3.63, 3.8) is 0 Å². The first kappa shape index (κ1) is 21.3. The normalized spacial score (nSPS) is 13.1. The third-order valence-corrected chi connectivity index (χ3v) is 4.72. The Balaban J connectivity index is 1.69. The van der Waals surface area contributed by atoms with Crippen molar-refractivity contribution in [2.24, 2.45) is 0 Å². The third kappa shape index (κ3) is 4.77. The van der Waals surface area contributed by atoms with Crippen LogP contribution in [0.5, 0.6) is 0 Å². The fourth-order valence-corrected chi connectivity index (χ4v) is 3.25. The van der Waals surface area contributed by atoms with Gasteiger partial charge < -0.3 is 19.7 Å². The maximum atomic E-state index is 12.6. The van der Waals surface area contributed by atoms with Gasteiger partial charge in [0.2, 0.25) is 5.91 Å². The quantitative estimate of drug-likeness (QED) is 0.707. The number of benzene rings is 2. The molecule has 0 spiro atoms. The Bertz CT molecular complexity index is 1010. The average molecular weight is 431 g/mol. The monoisotopic (exact) mass is 430 g/mol. The fourth-order valence-electron chi connectivity index (χ4n) is 3.08. The summed E-state index contributed by atoms with van der Waals surface area (Å²) in [6.07, 6.45) is 1.07. The van der Waals surface area contributed by atoms with Crippen LogP contribution in [0.3, 0.4) is 0 Å². The summed E-state index contributed by atoms with van der Waals surface area (Å²) in [6, 6.07) is 10.8. The minimum Gasteiger partial charge on any atom is -0.465 e. The molecule has 0 atom stereocenters. The molecule has 1 saturated heterocycles. The Morgan fingerprint density at radius 3 is 2.57 bits per heavy atom. The van der Waals surface area contributed by atoms with Crippen LogP contribution in [0.2, 0.25) is 5.02 Å². The van der Waals surface area contributed by atoms with Gasteiger partial charge in [0.25, 0.3) is 5.91 Å². The largest absolute Gasteiger partial charge is 0.465 e. The van der Waals surface area contributed by atoms with E-state index in [1.54, 1.807) is 12.1 Å². The van der Waals surface area contributed by atoms with Crippen LogP contribution in [0.4, 0.5) is 11.4 Å². The van der Waals surface area contributed by atoms with Crippen LogP contribution in [0.15, 0.2) is 42.5 Å². The summed E-state index contributed by atoms with van der Waals surface area (Å²) in [4.78, 5) is 50.1. The Hall–Kier alpha value is -3.39. The Kier molecular flexibility index (Phi) is 6.68. The summed E-state index contributed by atoms with van der Waals surface area (Å²) < 4.78 is 9.79. The molecule has 0 aliphatic carbocycles. The number of carbonyl (C=O) groups is 4. The molecule has 2 aromatic rings. The zero-order valence-corrected chi connectivity index (χ0v) is 16.9. The standard InChI is InChI=1S/C21H19ClN2O6/c1-29-20(27)14-5-2-3-6-16(14)23-18(25)12-30-21(28)15-9-8-13(22)11-17(15)24-10-4-7-19(24)26/h2-3,5-6,8-9,11H,4,7,10,12H2,1H3,(H,23,25). The van der Waals surface area contributed by atoms with Gasteiger partial charge in [-0.15, -0.1) is 0 Å². The number of rotatable bonds is 6. The predicted octanol–water partition coefficient (Wildman–Crippen LogP) is 3.05. The van der Waals surface area contributed by atoms with E-state index in [4.69, 9.17) is 16.3 Å². The number of esters is 2. The van der Waals surface area contributed by atoms with Crippen LogP contribution in [0, 0.1) is 0 Å². The van der Waals surface area contributed by atoms with Gasteiger partial charge in [0.1, 0.15) is 0 Å². The van der Waals surface area contributed by atoms with E-state index in [0.717, 1.165) is 0 Å². The van der Waals surface area contributed by atoms with Crippen molar-refractivity contribution in [2.45, 2.75) is 12.8 Å². The highest BCUT2D eigenvalue weighted by molar-refractivity contribution is 6.31. The van der Waals surface area contributed by atoms with Crippen LogP contribution in [-0.2, 0) is 19.1 Å². The van der Waals surface area contributed by atoms with Gasteiger partial charge in [0.15, 0.2) is 6.61 Å². The fraction of sp³-hybridized carbons (Fsp3) is 0.238. The van der Waals surface area contributed by atoms with Crippen molar-refractivity contribution >= 4 is 46.7 Å². The van der Waals surface area contributed by atoms with Gasteiger partial charge in [-0.3, -0.25) is 9.59 Å². The molecule has 2 aromatic carbocycles. The van der Waals surface area contributed by atoms with Crippen LogP contribution < -0.4 is 10.2 Å². The van der Waals surface area contributed by atoms with Gasteiger partial charge >= 0.3 is 11.9 Å². The number of halogens is 1. The van der Waals surface area contributed by atoms with Crippen LogP contribution in [0.25, 0.3) is 0 Å². The van der Waals surface area contributed by atoms with Crippen molar-refractivity contribution in [3.05, 3.63) is 58.6 Å². The highest BCUT2D eigenvalue weighted by Gasteiger charge is 2.27. The number of amides is 2. The Morgan fingerprint density at radius 2 is 1.87 bits per heavy atom. The van der Waals surface area contributed by atoms with E-state index in [-0.39, 0.29) is 22.7 Å². The van der Waals surface area contributed by atoms with E-state index in [1.165, 1.54) is 42.3 Å². The third-order valence-electron chi connectivity index (χ3n) is 4.48. The molecule has 0 saturated carbocycles. The second-order valence-corrected chi connectivity index (χ2v) is 6.91. The van der Waals surface area contributed by atoms with Crippen molar-refractivity contribution in [1.82, 2.24) is 0 Å². The molecule has 30 heavy (non-hydrogen) atoms. The molecule has 9 heteroatoms. The molecule has 0 bridgehead atoms. The molecule has 2 amide bonds. The van der Waals surface area contributed by atoms with E-state index < -0.39 is 24.5 Å². The molecule has 1 fully saturated rings. The van der Waals surface area contributed by atoms with Gasteiger partial charge in [0, 0.05) is 18.0 Å². The first-order valence-corrected chi connectivity index (χ1v) is 9.52. The van der Waals surface area contributed by atoms with Crippen LogP contribution in [-0.4, -0.2) is 44.0 Å². The van der Waals surface area contributed by atoms with Crippen LogP contribution in [0.1, 0.15) is 33.6 Å². The molecule has 1 aliphatic heterocycles. The molecular formula is C21H19ClN2O6. The first-order chi connectivity index (χ1) is 14.4. The zero-order chi connectivity index (χ0) is 21.7. The van der Waals surface area contributed by atoms with Gasteiger partial charge in [0.05, 0.1) is 29.6 Å². The van der Waals surface area contributed by atoms with E-state index in [0.29, 0.717) is 30.1 Å². The zero-order valence-electron chi connectivity index (χ0n) is 16.1. The van der Waals surface area contributed by atoms with E-state index >= 15 is 0 Å². The lowest BCUT2D eigenvalue weighted by molar-refractivity contribution is -0.119. The summed E-state index contributed by atoms with van der Waals surface area (Å²) in [5.41, 5.74) is 0.899. The molecule has 1 aliphatic rings. The maximum Gasteiger partial charge on any atom is 0.340 e. The number of ether oxygens (including phenoxy) is 2. The number of hydrogen-bond donors (Lipinski definition) is 1. The molecule has 0 radical (unpaired) electrons.